The molecule has 2 aromatic rings. The quantitative estimate of drug-likeness (QED) is 0.512. The first-order chi connectivity index (χ1) is 16.3. The first-order valence-corrected chi connectivity index (χ1v) is 12.3. The van der Waals surface area contributed by atoms with Gasteiger partial charge in [-0.15, -0.1) is 13.2 Å². The average molecular weight is 555 g/mol. The number of nitrogens with one attached hydrogen (secondary N) is 1. The van der Waals surface area contributed by atoms with Gasteiger partial charge in [-0.05, 0) is 48.7 Å². The lowest BCUT2D eigenvalue weighted by atomic mass is 10.1. The third-order valence-corrected chi connectivity index (χ3v) is 7.48. The van der Waals surface area contributed by atoms with E-state index in [-0.39, 0.29) is 34.3 Å². The fraction of sp³-hybridized carbons (Fsp3) is 0.333. The van der Waals surface area contributed by atoms with Gasteiger partial charge in [0.2, 0.25) is 15.9 Å². The van der Waals surface area contributed by atoms with Gasteiger partial charge in [-0.1, -0.05) is 35.3 Å². The van der Waals surface area contributed by atoms with Gasteiger partial charge in [0.15, 0.2) is 0 Å². The van der Waals surface area contributed by atoms with Gasteiger partial charge in [0.05, 0.1) is 4.90 Å². The molecule has 35 heavy (non-hydrogen) atoms. The number of sulfonamides is 1. The number of nitrogens with zero attached hydrogens (tertiary/aromatic N) is 1. The predicted molar refractivity (Wildman–Crippen MR) is 120 cm³/mol. The van der Waals surface area contributed by atoms with Gasteiger partial charge in [-0.25, -0.2) is 13.2 Å². The number of carboxylic acids is 1. The molecule has 0 aliphatic carbocycles. The summed E-state index contributed by atoms with van der Waals surface area (Å²) in [6.07, 6.45) is -4.60. The third kappa shape index (κ3) is 7.00. The molecule has 2 atom stereocenters. The number of aliphatic carboxylic acids is 1. The Morgan fingerprint density at radius 1 is 1.14 bits per heavy atom. The molecule has 0 aromatic heterocycles. The number of carbonyl (C=O) groups excluding carboxylic acids is 1. The van der Waals surface area contributed by atoms with Crippen molar-refractivity contribution >= 4 is 45.1 Å². The summed E-state index contributed by atoms with van der Waals surface area (Å²) < 4.78 is 67.9. The van der Waals surface area contributed by atoms with Crippen molar-refractivity contribution in [3.63, 3.8) is 0 Å². The summed E-state index contributed by atoms with van der Waals surface area (Å²) in [4.78, 5) is 24.4. The lowest BCUT2D eigenvalue weighted by Crippen LogP contribution is -2.51. The SMILES string of the molecule is O=C(O)[C@H](Cc1ccc(OC(F)(F)F)cc1)NC(=O)[C@@H]1CCCN1S(=O)(=O)c1cc(Cl)cc(Cl)c1. The van der Waals surface area contributed by atoms with Crippen molar-refractivity contribution in [1.82, 2.24) is 9.62 Å². The van der Waals surface area contributed by atoms with Crippen LogP contribution in [0.3, 0.4) is 0 Å². The molecule has 190 valence electrons. The summed E-state index contributed by atoms with van der Waals surface area (Å²) in [6.45, 7) is 0.0307. The molecule has 2 N–H and O–H groups in total. The molecule has 8 nitrogen and oxygen atoms in total. The van der Waals surface area contributed by atoms with Crippen molar-refractivity contribution in [2.24, 2.45) is 0 Å². The topological polar surface area (TPSA) is 113 Å². The number of amides is 1. The van der Waals surface area contributed by atoms with Crippen molar-refractivity contribution in [1.29, 1.82) is 0 Å². The standard InChI is InChI=1S/C21H19Cl2F3N2O6S/c22-13-9-14(23)11-16(10-13)35(32,33)28-7-1-2-18(28)19(29)27-17(20(30)31)8-12-3-5-15(6-4-12)34-21(24,25)26/h3-6,9-11,17-18H,1-2,7-8H2,(H,27,29)(H,30,31)/t17-,18-/m0/s1. The highest BCUT2D eigenvalue weighted by molar-refractivity contribution is 7.89. The van der Waals surface area contributed by atoms with E-state index < -0.39 is 46.1 Å². The van der Waals surface area contributed by atoms with Crippen molar-refractivity contribution in [3.05, 3.63) is 58.1 Å². The van der Waals surface area contributed by atoms with Gasteiger partial charge < -0.3 is 15.2 Å². The van der Waals surface area contributed by atoms with Gasteiger partial charge >= 0.3 is 12.3 Å². The lowest BCUT2D eigenvalue weighted by Gasteiger charge is -2.25. The van der Waals surface area contributed by atoms with Crippen LogP contribution in [0, 0.1) is 0 Å². The molecule has 2 aromatic carbocycles. The van der Waals surface area contributed by atoms with Crippen LogP contribution >= 0.6 is 23.2 Å². The Bertz CT molecular complexity index is 1190. The second-order valence-corrected chi connectivity index (χ2v) is 10.4. The molecule has 1 aliphatic rings. The summed E-state index contributed by atoms with van der Waals surface area (Å²) in [7, 11) is -4.16. The minimum atomic E-state index is -4.87. The molecule has 1 saturated heterocycles. The number of alkyl halides is 3. The van der Waals surface area contributed by atoms with E-state index in [1.54, 1.807) is 0 Å². The monoisotopic (exact) mass is 554 g/mol. The zero-order valence-electron chi connectivity index (χ0n) is 17.8. The highest BCUT2D eigenvalue weighted by Crippen LogP contribution is 2.30. The highest BCUT2D eigenvalue weighted by Gasteiger charge is 2.40. The van der Waals surface area contributed by atoms with E-state index in [0.29, 0.717) is 12.0 Å². The molecule has 3 rings (SSSR count). The van der Waals surface area contributed by atoms with Gasteiger partial charge in [0, 0.05) is 23.0 Å². The normalized spacial score (nSPS) is 17.7. The number of carboxylic acid groups (broad SMARTS) is 1. The number of hydrogen-bond acceptors (Lipinski definition) is 5. The van der Waals surface area contributed by atoms with E-state index in [1.807, 2.05) is 0 Å². The number of rotatable bonds is 8. The molecule has 0 radical (unpaired) electrons. The van der Waals surface area contributed by atoms with Crippen LogP contribution in [-0.4, -0.2) is 54.7 Å². The fourth-order valence-electron chi connectivity index (χ4n) is 3.63. The second-order valence-electron chi connectivity index (χ2n) is 7.67. The van der Waals surface area contributed by atoms with Crippen LogP contribution in [0.4, 0.5) is 13.2 Å². The molecule has 0 spiro atoms. The Balaban J connectivity index is 1.74. The van der Waals surface area contributed by atoms with Gasteiger partial charge in [-0.2, -0.15) is 4.31 Å². The Morgan fingerprint density at radius 3 is 2.29 bits per heavy atom. The predicted octanol–water partition coefficient (Wildman–Crippen LogP) is 3.86. The minimum Gasteiger partial charge on any atom is -0.480 e. The second kappa shape index (κ2) is 10.6. The van der Waals surface area contributed by atoms with Crippen LogP contribution in [0.25, 0.3) is 0 Å². The molecule has 1 heterocycles. The van der Waals surface area contributed by atoms with Crippen LogP contribution in [0.1, 0.15) is 18.4 Å². The van der Waals surface area contributed by atoms with Gasteiger partial charge in [-0.3, -0.25) is 4.79 Å². The summed E-state index contributed by atoms with van der Waals surface area (Å²) in [5, 5.41) is 12.1. The molecule has 0 saturated carbocycles. The molecule has 0 bridgehead atoms. The zero-order chi connectivity index (χ0) is 26.0. The van der Waals surface area contributed by atoms with E-state index in [2.05, 4.69) is 10.1 Å². The molecule has 1 amide bonds. The number of benzene rings is 2. The summed E-state index contributed by atoms with van der Waals surface area (Å²) >= 11 is 11.8. The maximum atomic E-state index is 13.1. The van der Waals surface area contributed by atoms with Gasteiger partial charge in [0.1, 0.15) is 17.8 Å². The van der Waals surface area contributed by atoms with Crippen LogP contribution in [0.5, 0.6) is 5.75 Å². The molecule has 1 fully saturated rings. The first-order valence-electron chi connectivity index (χ1n) is 10.1. The molecule has 14 heteroatoms. The van der Waals surface area contributed by atoms with Crippen molar-refractivity contribution < 1.29 is 41.0 Å². The molecule has 0 unspecified atom stereocenters. The zero-order valence-corrected chi connectivity index (χ0v) is 20.1. The van der Waals surface area contributed by atoms with E-state index in [9.17, 15) is 36.3 Å². The van der Waals surface area contributed by atoms with Gasteiger partial charge in [0.25, 0.3) is 0 Å². The largest absolute Gasteiger partial charge is 0.573 e. The van der Waals surface area contributed by atoms with E-state index in [1.165, 1.54) is 30.3 Å². The lowest BCUT2D eigenvalue weighted by molar-refractivity contribution is -0.274. The van der Waals surface area contributed by atoms with E-state index in [0.717, 1.165) is 16.4 Å². The van der Waals surface area contributed by atoms with Crippen molar-refractivity contribution in [3.8, 4) is 5.75 Å². The van der Waals surface area contributed by atoms with Crippen LogP contribution in [-0.2, 0) is 26.0 Å². The molecular weight excluding hydrogens is 536 g/mol. The van der Waals surface area contributed by atoms with E-state index >= 15 is 0 Å². The van der Waals surface area contributed by atoms with Crippen LogP contribution < -0.4 is 10.1 Å². The summed E-state index contributed by atoms with van der Waals surface area (Å²) in [6, 6.07) is 5.64. The number of halogens is 5. The summed E-state index contributed by atoms with van der Waals surface area (Å²) in [5.74, 6) is -2.70. The Kier molecular flexibility index (Phi) is 8.20. The highest BCUT2D eigenvalue weighted by atomic mass is 35.5. The smallest absolute Gasteiger partial charge is 0.480 e. The molecule has 1 aliphatic heterocycles. The maximum absolute atomic E-state index is 13.1. The maximum Gasteiger partial charge on any atom is 0.573 e. The Morgan fingerprint density at radius 2 is 1.74 bits per heavy atom. The van der Waals surface area contributed by atoms with Crippen LogP contribution in [0.2, 0.25) is 10.0 Å². The first kappa shape index (κ1) is 27.1. The third-order valence-electron chi connectivity index (χ3n) is 5.16. The Labute approximate surface area is 208 Å². The number of ether oxygens (including phenoxy) is 1. The molecular formula is C21H19Cl2F3N2O6S. The van der Waals surface area contributed by atoms with Crippen molar-refractivity contribution in [2.45, 2.75) is 42.6 Å². The van der Waals surface area contributed by atoms with Crippen LogP contribution in [0.15, 0.2) is 47.4 Å². The Hall–Kier alpha value is -2.54. The number of carbonyl (C=O) groups is 2. The summed E-state index contributed by atoms with van der Waals surface area (Å²) in [5.41, 5.74) is 0.316. The average Bonchev–Trinajstić information content (AvgIpc) is 3.24. The van der Waals surface area contributed by atoms with E-state index in [4.69, 9.17) is 23.2 Å². The number of hydrogen-bond donors (Lipinski definition) is 2. The minimum absolute atomic E-state index is 0.0307. The van der Waals surface area contributed by atoms with Crippen molar-refractivity contribution in [2.75, 3.05) is 6.54 Å². The fourth-order valence-corrected chi connectivity index (χ4v) is 6.02.